The smallest absolute Gasteiger partial charge is 0.231 e. The molecule has 0 bridgehead atoms. The minimum absolute atomic E-state index is 0.338. The summed E-state index contributed by atoms with van der Waals surface area (Å²) in [6, 6.07) is 13.4. The average Bonchev–Trinajstić information content (AvgIpc) is 2.52. The van der Waals surface area contributed by atoms with Crippen LogP contribution in [0.5, 0.6) is 0 Å². The summed E-state index contributed by atoms with van der Waals surface area (Å²) in [6.07, 6.45) is 0.319. The van der Waals surface area contributed by atoms with Crippen LogP contribution in [0.4, 0.5) is 0 Å². The highest BCUT2D eigenvalue weighted by atomic mass is 31.1. The quantitative estimate of drug-likeness (QED) is 0.642. The van der Waals surface area contributed by atoms with Crippen molar-refractivity contribution in [2.45, 2.75) is 40.2 Å². The zero-order valence-corrected chi connectivity index (χ0v) is 14.9. The molecule has 2 unspecified atom stereocenters. The van der Waals surface area contributed by atoms with E-state index in [0.717, 1.165) is 22.3 Å². The predicted octanol–water partition coefficient (Wildman–Crippen LogP) is 5.66. The summed E-state index contributed by atoms with van der Waals surface area (Å²) in [4.78, 5) is 12.6. The maximum Gasteiger partial charge on any atom is 0.593 e. The molecule has 0 saturated heterocycles. The standard InChI is InChI=1S/C19H22O3P/c1-5-17(16-9-7-6-8-10-16)22-23(21)19(20)18-14(3)11-13(2)12-15(18)4/h6-12,17H,5H2,1-4H3/q+1. The Labute approximate surface area is 138 Å². The molecule has 3 nitrogen and oxygen atoms in total. The predicted molar refractivity (Wildman–Crippen MR) is 93.1 cm³/mol. The van der Waals surface area contributed by atoms with Gasteiger partial charge in [-0.15, -0.1) is 4.52 Å². The number of carbonyl (C=O) groups is 1. The van der Waals surface area contributed by atoms with Gasteiger partial charge in [-0.1, -0.05) is 55.0 Å². The molecule has 0 aliphatic carbocycles. The first-order valence-corrected chi connectivity index (χ1v) is 8.93. The summed E-state index contributed by atoms with van der Waals surface area (Å²) >= 11 is 0. The highest BCUT2D eigenvalue weighted by Crippen LogP contribution is 2.38. The summed E-state index contributed by atoms with van der Waals surface area (Å²) in [5, 5.41) is 0. The molecule has 4 heteroatoms. The van der Waals surface area contributed by atoms with E-state index in [4.69, 9.17) is 4.52 Å². The van der Waals surface area contributed by atoms with Crippen LogP contribution in [0.25, 0.3) is 0 Å². The fourth-order valence-electron chi connectivity index (χ4n) is 2.81. The topological polar surface area (TPSA) is 43.4 Å². The van der Waals surface area contributed by atoms with Crippen molar-refractivity contribution in [2.75, 3.05) is 0 Å². The van der Waals surface area contributed by atoms with Crippen molar-refractivity contribution in [3.8, 4) is 0 Å². The van der Waals surface area contributed by atoms with Gasteiger partial charge in [-0.2, -0.15) is 0 Å². The molecule has 0 spiro atoms. The van der Waals surface area contributed by atoms with E-state index in [2.05, 4.69) is 0 Å². The molecular formula is C19H22O3P+. The van der Waals surface area contributed by atoms with E-state index in [9.17, 15) is 9.36 Å². The van der Waals surface area contributed by atoms with Gasteiger partial charge in [-0.25, -0.2) is 4.79 Å². The van der Waals surface area contributed by atoms with Crippen LogP contribution >= 0.6 is 8.03 Å². The number of hydrogen-bond acceptors (Lipinski definition) is 3. The second-order valence-corrected chi connectivity index (χ2v) is 6.88. The van der Waals surface area contributed by atoms with Crippen LogP contribution in [0.15, 0.2) is 42.5 Å². The zero-order chi connectivity index (χ0) is 17.0. The van der Waals surface area contributed by atoms with Crippen molar-refractivity contribution in [1.82, 2.24) is 0 Å². The number of hydrogen-bond donors (Lipinski definition) is 0. The normalized spacial score (nSPS) is 12.8. The number of carbonyl (C=O) groups excluding carboxylic acids is 1. The highest BCUT2D eigenvalue weighted by Gasteiger charge is 2.38. The molecule has 0 aliphatic heterocycles. The Kier molecular flexibility index (Phi) is 5.81. The van der Waals surface area contributed by atoms with E-state index in [1.165, 1.54) is 0 Å². The third-order valence-corrected chi connectivity index (χ3v) is 4.82. The summed E-state index contributed by atoms with van der Waals surface area (Å²) in [5.74, 6) is 0. The van der Waals surface area contributed by atoms with E-state index >= 15 is 0 Å². The fraction of sp³-hybridized carbons (Fsp3) is 0.316. The second-order valence-electron chi connectivity index (χ2n) is 5.75. The van der Waals surface area contributed by atoms with Crippen LogP contribution in [-0.4, -0.2) is 5.52 Å². The zero-order valence-electron chi connectivity index (χ0n) is 14.0. The van der Waals surface area contributed by atoms with Gasteiger partial charge in [0.25, 0.3) is 0 Å². The van der Waals surface area contributed by atoms with Crippen molar-refractivity contribution < 1.29 is 13.9 Å². The first-order chi connectivity index (χ1) is 10.9. The minimum atomic E-state index is -2.42. The molecule has 0 N–H and O–H groups in total. The Bertz CT molecular complexity index is 700. The molecule has 120 valence electrons. The first kappa shape index (κ1) is 17.5. The Morgan fingerprint density at radius 2 is 1.65 bits per heavy atom. The lowest BCUT2D eigenvalue weighted by atomic mass is 10.0. The Morgan fingerprint density at radius 3 is 2.17 bits per heavy atom. The van der Waals surface area contributed by atoms with E-state index in [1.54, 1.807) is 0 Å². The van der Waals surface area contributed by atoms with Crippen LogP contribution < -0.4 is 0 Å². The minimum Gasteiger partial charge on any atom is -0.231 e. The third kappa shape index (κ3) is 4.13. The molecule has 0 amide bonds. The number of rotatable bonds is 6. The Morgan fingerprint density at radius 1 is 1.09 bits per heavy atom. The third-order valence-electron chi connectivity index (χ3n) is 3.82. The van der Waals surface area contributed by atoms with Crippen LogP contribution in [0, 0.1) is 20.8 Å². The molecule has 2 atom stereocenters. The molecule has 0 saturated carbocycles. The lowest BCUT2D eigenvalue weighted by Gasteiger charge is -2.09. The van der Waals surface area contributed by atoms with Gasteiger partial charge in [0.05, 0.1) is 5.56 Å². The number of benzene rings is 2. The fourth-order valence-corrected chi connectivity index (χ4v) is 3.94. The molecule has 0 radical (unpaired) electrons. The van der Waals surface area contributed by atoms with E-state index in [0.29, 0.717) is 12.0 Å². The molecule has 2 aromatic carbocycles. The molecule has 2 rings (SSSR count). The van der Waals surface area contributed by atoms with Gasteiger partial charge in [0.2, 0.25) is 0 Å². The van der Waals surface area contributed by atoms with Gasteiger partial charge in [0, 0.05) is 0 Å². The van der Waals surface area contributed by atoms with Crippen LogP contribution in [0.1, 0.15) is 52.1 Å². The van der Waals surface area contributed by atoms with Crippen molar-refractivity contribution >= 4 is 13.6 Å². The van der Waals surface area contributed by atoms with Gasteiger partial charge in [0.15, 0.2) is 0 Å². The molecule has 0 aromatic heterocycles. The first-order valence-electron chi connectivity index (χ1n) is 7.75. The Balaban J connectivity index is 2.22. The van der Waals surface area contributed by atoms with E-state index in [-0.39, 0.29) is 6.10 Å². The molecule has 0 heterocycles. The van der Waals surface area contributed by atoms with Crippen molar-refractivity contribution in [1.29, 1.82) is 0 Å². The van der Waals surface area contributed by atoms with E-state index < -0.39 is 13.6 Å². The molecule has 23 heavy (non-hydrogen) atoms. The lowest BCUT2D eigenvalue weighted by molar-refractivity contribution is 0.104. The summed E-state index contributed by atoms with van der Waals surface area (Å²) in [6.45, 7) is 7.66. The van der Waals surface area contributed by atoms with Crippen LogP contribution in [-0.2, 0) is 9.09 Å². The maximum atomic E-state index is 12.6. The maximum absolute atomic E-state index is 12.6. The molecule has 0 fully saturated rings. The highest BCUT2D eigenvalue weighted by molar-refractivity contribution is 7.60. The molecule has 0 aliphatic rings. The average molecular weight is 329 g/mol. The van der Waals surface area contributed by atoms with Gasteiger partial charge in [-0.3, -0.25) is 0 Å². The van der Waals surface area contributed by atoms with E-state index in [1.807, 2.05) is 70.2 Å². The summed E-state index contributed by atoms with van der Waals surface area (Å²) < 4.78 is 18.1. The molecule has 2 aromatic rings. The lowest BCUT2D eigenvalue weighted by Crippen LogP contribution is -2.05. The van der Waals surface area contributed by atoms with Gasteiger partial charge in [-0.05, 0) is 48.4 Å². The van der Waals surface area contributed by atoms with Crippen LogP contribution in [0.3, 0.4) is 0 Å². The Hall–Kier alpha value is -1.83. The number of aryl methyl sites for hydroxylation is 3. The summed E-state index contributed by atoms with van der Waals surface area (Å²) in [7, 11) is -2.42. The van der Waals surface area contributed by atoms with Crippen LogP contribution in [0.2, 0.25) is 0 Å². The SMILES string of the molecule is CCC(O[P+](=O)C(=O)c1c(C)cc(C)cc1C)c1ccccc1. The summed E-state index contributed by atoms with van der Waals surface area (Å²) in [5.41, 5.74) is 3.79. The van der Waals surface area contributed by atoms with Crippen molar-refractivity contribution in [3.05, 3.63) is 70.3 Å². The molecular weight excluding hydrogens is 307 g/mol. The van der Waals surface area contributed by atoms with Gasteiger partial charge in [0.1, 0.15) is 6.10 Å². The van der Waals surface area contributed by atoms with Crippen molar-refractivity contribution in [3.63, 3.8) is 0 Å². The van der Waals surface area contributed by atoms with Gasteiger partial charge >= 0.3 is 13.6 Å². The van der Waals surface area contributed by atoms with Gasteiger partial charge < -0.3 is 0 Å². The monoisotopic (exact) mass is 329 g/mol. The van der Waals surface area contributed by atoms with Crippen molar-refractivity contribution in [2.24, 2.45) is 0 Å². The second kappa shape index (κ2) is 7.63. The largest absolute Gasteiger partial charge is 0.593 e.